The molecular formula is C6H14NO. The first-order valence-corrected chi connectivity index (χ1v) is 3.08. The summed E-state index contributed by atoms with van der Waals surface area (Å²) in [4.78, 5) is 0. The van der Waals surface area contributed by atoms with Gasteiger partial charge in [-0.2, -0.15) is 0 Å². The Bertz CT molecular complexity index is 45.8. The van der Waals surface area contributed by atoms with Crippen molar-refractivity contribution in [2.45, 2.75) is 26.4 Å². The Balaban J connectivity index is 2.72. The van der Waals surface area contributed by atoms with Gasteiger partial charge in [0.1, 0.15) is 0 Å². The molecule has 1 radical (unpaired) electrons. The van der Waals surface area contributed by atoms with Crippen molar-refractivity contribution >= 4 is 0 Å². The summed E-state index contributed by atoms with van der Waals surface area (Å²) < 4.78 is 0. The molecule has 0 saturated carbocycles. The van der Waals surface area contributed by atoms with Gasteiger partial charge in [0, 0.05) is 13.1 Å². The van der Waals surface area contributed by atoms with Crippen LogP contribution in [-0.4, -0.2) is 24.3 Å². The minimum atomic E-state index is -0.262. The average Bonchev–Trinajstić information content (AvgIpc) is 1.66. The van der Waals surface area contributed by atoms with Gasteiger partial charge in [-0.25, -0.2) is 5.32 Å². The van der Waals surface area contributed by atoms with E-state index in [0.717, 1.165) is 13.0 Å². The molecule has 0 aromatic rings. The lowest BCUT2D eigenvalue weighted by atomic mass is 10.4. The number of nitrogens with zero attached hydrogens (tertiary/aromatic N) is 1. The predicted molar refractivity (Wildman–Crippen MR) is 33.8 cm³/mol. The highest BCUT2D eigenvalue weighted by molar-refractivity contribution is 4.49. The van der Waals surface area contributed by atoms with Crippen molar-refractivity contribution in [3.8, 4) is 0 Å². The van der Waals surface area contributed by atoms with E-state index in [0.29, 0.717) is 6.54 Å². The Morgan fingerprint density at radius 3 is 2.62 bits per heavy atom. The second-order valence-electron chi connectivity index (χ2n) is 1.98. The van der Waals surface area contributed by atoms with Crippen LogP contribution in [0, 0.1) is 0 Å². The topological polar surface area (TPSA) is 34.3 Å². The molecule has 1 N–H and O–H groups in total. The molecule has 0 saturated heterocycles. The quantitative estimate of drug-likeness (QED) is 0.529. The molecule has 0 amide bonds. The van der Waals surface area contributed by atoms with Crippen LogP contribution in [0.5, 0.6) is 0 Å². The molecule has 0 aliphatic rings. The summed E-state index contributed by atoms with van der Waals surface area (Å²) in [6.45, 7) is 5.30. The maximum Gasteiger partial charge on any atom is 0.0653 e. The molecule has 0 aliphatic heterocycles. The fourth-order valence-corrected chi connectivity index (χ4v) is 0.436. The van der Waals surface area contributed by atoms with E-state index in [9.17, 15) is 0 Å². The van der Waals surface area contributed by atoms with Gasteiger partial charge in [-0.15, -0.1) is 0 Å². The molecule has 1 atom stereocenters. The number of aliphatic hydroxyl groups excluding tert-OH is 1. The van der Waals surface area contributed by atoms with Gasteiger partial charge >= 0.3 is 0 Å². The molecule has 0 aromatic heterocycles. The van der Waals surface area contributed by atoms with Gasteiger partial charge in [0.05, 0.1) is 6.10 Å². The second kappa shape index (κ2) is 5.06. The lowest BCUT2D eigenvalue weighted by molar-refractivity contribution is 0.190. The van der Waals surface area contributed by atoms with Crippen molar-refractivity contribution in [1.82, 2.24) is 5.32 Å². The summed E-state index contributed by atoms with van der Waals surface area (Å²) >= 11 is 0. The molecule has 1 unspecified atom stereocenters. The lowest BCUT2D eigenvalue weighted by Crippen LogP contribution is -2.18. The molecule has 2 heteroatoms. The van der Waals surface area contributed by atoms with Crippen LogP contribution in [0.2, 0.25) is 0 Å². The summed E-state index contributed by atoms with van der Waals surface area (Å²) in [6.07, 6.45) is 0.814. The van der Waals surface area contributed by atoms with Crippen LogP contribution >= 0.6 is 0 Å². The first-order chi connectivity index (χ1) is 3.77. The summed E-state index contributed by atoms with van der Waals surface area (Å²) in [5.41, 5.74) is 0. The molecule has 2 nitrogen and oxygen atoms in total. The molecule has 0 fully saturated rings. The fourth-order valence-electron chi connectivity index (χ4n) is 0.436. The average molecular weight is 116 g/mol. The van der Waals surface area contributed by atoms with Crippen molar-refractivity contribution in [2.75, 3.05) is 13.1 Å². The second-order valence-corrected chi connectivity index (χ2v) is 1.98. The van der Waals surface area contributed by atoms with Crippen molar-refractivity contribution in [2.24, 2.45) is 0 Å². The minimum absolute atomic E-state index is 0.262. The predicted octanol–water partition coefficient (Wildman–Crippen LogP) is 0.382. The van der Waals surface area contributed by atoms with Crippen LogP contribution < -0.4 is 5.32 Å². The zero-order valence-electron chi connectivity index (χ0n) is 5.59. The molecule has 49 valence electrons. The maximum atomic E-state index is 8.69. The summed E-state index contributed by atoms with van der Waals surface area (Å²) in [7, 11) is 0. The van der Waals surface area contributed by atoms with Gasteiger partial charge < -0.3 is 5.11 Å². The van der Waals surface area contributed by atoms with Gasteiger partial charge in [-0.05, 0) is 13.3 Å². The van der Waals surface area contributed by atoms with Gasteiger partial charge in [0.25, 0.3) is 0 Å². The zero-order chi connectivity index (χ0) is 6.41. The highest BCUT2D eigenvalue weighted by Gasteiger charge is 1.91. The first kappa shape index (κ1) is 7.92. The van der Waals surface area contributed by atoms with E-state index in [2.05, 4.69) is 12.2 Å². The zero-order valence-corrected chi connectivity index (χ0v) is 5.59. The monoisotopic (exact) mass is 116 g/mol. The number of hydrogen-bond acceptors (Lipinski definition) is 1. The van der Waals surface area contributed by atoms with E-state index < -0.39 is 0 Å². The molecular weight excluding hydrogens is 102 g/mol. The van der Waals surface area contributed by atoms with Crippen molar-refractivity contribution in [3.05, 3.63) is 0 Å². The SMILES string of the molecule is CCC[N]CC(C)O. The molecule has 0 rings (SSSR count). The molecule has 0 aromatic carbocycles. The van der Waals surface area contributed by atoms with Gasteiger partial charge in [0.15, 0.2) is 0 Å². The summed E-state index contributed by atoms with van der Waals surface area (Å²) in [6, 6.07) is 0. The van der Waals surface area contributed by atoms with Crippen LogP contribution in [0.3, 0.4) is 0 Å². The maximum absolute atomic E-state index is 8.69. The standard InChI is InChI=1S/C6H14NO/c1-3-4-7-5-6(2)8/h6,8H,3-5H2,1-2H3. The van der Waals surface area contributed by atoms with E-state index in [1.807, 2.05) is 0 Å². The van der Waals surface area contributed by atoms with E-state index in [1.54, 1.807) is 6.92 Å². The normalized spacial score (nSPS) is 13.9. The van der Waals surface area contributed by atoms with E-state index in [4.69, 9.17) is 5.11 Å². The highest BCUT2D eigenvalue weighted by atomic mass is 16.3. The summed E-state index contributed by atoms with van der Waals surface area (Å²) in [5, 5.41) is 12.7. The van der Waals surface area contributed by atoms with Crippen LogP contribution in [-0.2, 0) is 0 Å². The highest BCUT2D eigenvalue weighted by Crippen LogP contribution is 1.77. The van der Waals surface area contributed by atoms with E-state index >= 15 is 0 Å². The lowest BCUT2D eigenvalue weighted by Gasteiger charge is -2.01. The molecule has 8 heavy (non-hydrogen) atoms. The molecule has 0 bridgehead atoms. The largest absolute Gasteiger partial charge is 0.392 e. The Labute approximate surface area is 50.9 Å². The van der Waals surface area contributed by atoms with Gasteiger partial charge in [-0.3, -0.25) is 0 Å². The molecule has 0 spiro atoms. The van der Waals surface area contributed by atoms with Crippen molar-refractivity contribution in [3.63, 3.8) is 0 Å². The van der Waals surface area contributed by atoms with Crippen LogP contribution in [0.25, 0.3) is 0 Å². The van der Waals surface area contributed by atoms with E-state index in [1.165, 1.54) is 0 Å². The number of hydrogen-bond donors (Lipinski definition) is 1. The Morgan fingerprint density at radius 2 is 2.25 bits per heavy atom. The molecule has 0 heterocycles. The minimum Gasteiger partial charge on any atom is -0.392 e. The number of rotatable bonds is 4. The first-order valence-electron chi connectivity index (χ1n) is 3.08. The fraction of sp³-hybridized carbons (Fsp3) is 1.00. The third kappa shape index (κ3) is 5.92. The third-order valence-electron chi connectivity index (χ3n) is 0.775. The van der Waals surface area contributed by atoms with Gasteiger partial charge in [0.2, 0.25) is 0 Å². The smallest absolute Gasteiger partial charge is 0.0653 e. The van der Waals surface area contributed by atoms with Crippen molar-refractivity contribution < 1.29 is 5.11 Å². The Kier molecular flexibility index (Phi) is 5.01. The Hall–Kier alpha value is -0.0800. The van der Waals surface area contributed by atoms with Crippen LogP contribution in [0.4, 0.5) is 0 Å². The van der Waals surface area contributed by atoms with Gasteiger partial charge in [-0.1, -0.05) is 6.92 Å². The number of aliphatic hydroxyl groups is 1. The third-order valence-corrected chi connectivity index (χ3v) is 0.775. The van der Waals surface area contributed by atoms with Crippen LogP contribution in [0.15, 0.2) is 0 Å². The van der Waals surface area contributed by atoms with Crippen LogP contribution in [0.1, 0.15) is 20.3 Å². The van der Waals surface area contributed by atoms with Crippen molar-refractivity contribution in [1.29, 1.82) is 0 Å². The van der Waals surface area contributed by atoms with E-state index in [-0.39, 0.29) is 6.10 Å². The Morgan fingerprint density at radius 1 is 1.62 bits per heavy atom. The summed E-state index contributed by atoms with van der Waals surface area (Å²) in [5.74, 6) is 0. The molecule has 0 aliphatic carbocycles.